The summed E-state index contributed by atoms with van der Waals surface area (Å²) in [5, 5.41) is 3.84. The molecular formula is C19H17ClN2O2. The van der Waals surface area contributed by atoms with Gasteiger partial charge in [0.2, 0.25) is 0 Å². The van der Waals surface area contributed by atoms with E-state index in [1.807, 2.05) is 30.3 Å². The molecule has 1 N–H and O–H groups in total. The molecule has 0 saturated carbocycles. The highest BCUT2D eigenvalue weighted by Gasteiger charge is 2.13. The van der Waals surface area contributed by atoms with Gasteiger partial charge in [0.15, 0.2) is 0 Å². The van der Waals surface area contributed by atoms with Crippen LogP contribution in [0.4, 0.5) is 0 Å². The highest BCUT2D eigenvalue weighted by molar-refractivity contribution is 6.30. The fourth-order valence-corrected chi connectivity index (χ4v) is 2.63. The fraction of sp³-hybridized carbons (Fsp3) is 0.158. The SMILES string of the molecule is O=C(/C=C/c1cccc(Cl)c1)OCCNC1=NCc2ccccc21. The number of nitrogens with one attached hydrogen (secondary N) is 1. The molecule has 0 bridgehead atoms. The zero-order valence-electron chi connectivity index (χ0n) is 13.0. The third-order valence-corrected chi connectivity index (χ3v) is 3.81. The van der Waals surface area contributed by atoms with Crippen LogP contribution in [0.25, 0.3) is 6.08 Å². The Bertz CT molecular complexity index is 799. The number of esters is 1. The van der Waals surface area contributed by atoms with E-state index in [0.717, 1.165) is 17.0 Å². The second-order valence-corrected chi connectivity index (χ2v) is 5.74. The Morgan fingerprint density at radius 1 is 1.25 bits per heavy atom. The molecule has 3 rings (SSSR count). The topological polar surface area (TPSA) is 50.7 Å². The predicted octanol–water partition coefficient (Wildman–Crippen LogP) is 3.45. The fourth-order valence-electron chi connectivity index (χ4n) is 2.43. The maximum Gasteiger partial charge on any atom is 0.330 e. The number of carbonyl (C=O) groups is 1. The molecule has 0 aliphatic carbocycles. The number of aliphatic imine (C=N–C) groups is 1. The first-order valence-electron chi connectivity index (χ1n) is 7.69. The minimum atomic E-state index is -0.384. The van der Waals surface area contributed by atoms with Crippen molar-refractivity contribution in [1.29, 1.82) is 0 Å². The molecule has 0 atom stereocenters. The van der Waals surface area contributed by atoms with E-state index in [1.165, 1.54) is 11.6 Å². The molecule has 0 fully saturated rings. The van der Waals surface area contributed by atoms with Gasteiger partial charge in [-0.1, -0.05) is 48.0 Å². The Balaban J connectivity index is 1.42. The van der Waals surface area contributed by atoms with Gasteiger partial charge in [-0.15, -0.1) is 0 Å². The quantitative estimate of drug-likeness (QED) is 0.515. The largest absolute Gasteiger partial charge is 0.461 e. The van der Waals surface area contributed by atoms with Crippen molar-refractivity contribution >= 4 is 29.5 Å². The van der Waals surface area contributed by atoms with Crippen LogP contribution in [0.5, 0.6) is 0 Å². The lowest BCUT2D eigenvalue weighted by Gasteiger charge is -2.07. The average molecular weight is 341 g/mol. The van der Waals surface area contributed by atoms with Crippen molar-refractivity contribution in [2.45, 2.75) is 6.54 Å². The minimum absolute atomic E-state index is 0.278. The minimum Gasteiger partial charge on any atom is -0.461 e. The number of rotatable bonds is 5. The van der Waals surface area contributed by atoms with E-state index in [2.05, 4.69) is 16.4 Å². The van der Waals surface area contributed by atoms with Crippen molar-refractivity contribution in [2.75, 3.05) is 13.2 Å². The van der Waals surface area contributed by atoms with Crippen LogP contribution in [0.2, 0.25) is 5.02 Å². The van der Waals surface area contributed by atoms with E-state index < -0.39 is 0 Å². The maximum absolute atomic E-state index is 11.7. The van der Waals surface area contributed by atoms with E-state index in [4.69, 9.17) is 16.3 Å². The smallest absolute Gasteiger partial charge is 0.330 e. The Morgan fingerprint density at radius 2 is 2.12 bits per heavy atom. The van der Waals surface area contributed by atoms with E-state index in [1.54, 1.807) is 18.2 Å². The van der Waals surface area contributed by atoms with Gasteiger partial charge in [0.1, 0.15) is 12.4 Å². The molecule has 1 aliphatic rings. The molecule has 0 saturated heterocycles. The zero-order chi connectivity index (χ0) is 16.8. The van der Waals surface area contributed by atoms with Crippen LogP contribution >= 0.6 is 11.6 Å². The van der Waals surface area contributed by atoms with Gasteiger partial charge in [-0.25, -0.2) is 4.79 Å². The highest BCUT2D eigenvalue weighted by atomic mass is 35.5. The van der Waals surface area contributed by atoms with Crippen LogP contribution < -0.4 is 5.32 Å². The van der Waals surface area contributed by atoms with Crippen molar-refractivity contribution in [3.05, 3.63) is 76.3 Å². The molecule has 2 aromatic carbocycles. The first kappa shape index (κ1) is 16.3. The molecule has 0 unspecified atom stereocenters. The van der Waals surface area contributed by atoms with Gasteiger partial charge in [0.25, 0.3) is 0 Å². The van der Waals surface area contributed by atoms with E-state index in [9.17, 15) is 4.79 Å². The number of halogens is 1. The summed E-state index contributed by atoms with van der Waals surface area (Å²) in [6.07, 6.45) is 3.08. The van der Waals surface area contributed by atoms with Crippen LogP contribution in [0.3, 0.4) is 0 Å². The number of fused-ring (bicyclic) bond motifs is 1. The van der Waals surface area contributed by atoms with Crippen molar-refractivity contribution in [3.8, 4) is 0 Å². The maximum atomic E-state index is 11.7. The van der Waals surface area contributed by atoms with Gasteiger partial charge in [-0.2, -0.15) is 0 Å². The number of hydrogen-bond acceptors (Lipinski definition) is 4. The lowest BCUT2D eigenvalue weighted by molar-refractivity contribution is -0.137. The van der Waals surface area contributed by atoms with Gasteiger partial charge < -0.3 is 10.1 Å². The third-order valence-electron chi connectivity index (χ3n) is 3.58. The molecule has 2 aromatic rings. The molecule has 122 valence electrons. The summed E-state index contributed by atoms with van der Waals surface area (Å²) in [5.41, 5.74) is 3.18. The monoisotopic (exact) mass is 340 g/mol. The van der Waals surface area contributed by atoms with Crippen LogP contribution in [0.1, 0.15) is 16.7 Å². The summed E-state index contributed by atoms with van der Waals surface area (Å²) in [7, 11) is 0. The van der Waals surface area contributed by atoms with Gasteiger partial charge in [-0.05, 0) is 29.3 Å². The lowest BCUT2D eigenvalue weighted by Crippen LogP contribution is -2.27. The Hall–Kier alpha value is -2.59. The molecule has 0 aromatic heterocycles. The molecule has 0 amide bonds. The Kier molecular flexibility index (Phi) is 5.29. The number of nitrogens with zero attached hydrogens (tertiary/aromatic N) is 1. The summed E-state index contributed by atoms with van der Waals surface area (Å²) in [6, 6.07) is 15.4. The summed E-state index contributed by atoms with van der Waals surface area (Å²) in [4.78, 5) is 16.1. The third kappa shape index (κ3) is 4.24. The molecule has 1 aliphatic heterocycles. The van der Waals surface area contributed by atoms with Crippen LogP contribution in [0.15, 0.2) is 59.6 Å². The number of amidine groups is 1. The highest BCUT2D eigenvalue weighted by Crippen LogP contribution is 2.16. The first-order valence-corrected chi connectivity index (χ1v) is 8.07. The normalized spacial score (nSPS) is 12.8. The van der Waals surface area contributed by atoms with Crippen molar-refractivity contribution in [2.24, 2.45) is 4.99 Å². The Labute approximate surface area is 145 Å². The van der Waals surface area contributed by atoms with Gasteiger partial charge >= 0.3 is 5.97 Å². The number of ether oxygens (including phenoxy) is 1. The van der Waals surface area contributed by atoms with Crippen molar-refractivity contribution in [3.63, 3.8) is 0 Å². The van der Waals surface area contributed by atoms with E-state index in [-0.39, 0.29) is 12.6 Å². The first-order chi connectivity index (χ1) is 11.7. The summed E-state index contributed by atoms with van der Waals surface area (Å²) < 4.78 is 5.17. The van der Waals surface area contributed by atoms with Crippen LogP contribution in [-0.4, -0.2) is 25.0 Å². The lowest BCUT2D eigenvalue weighted by atomic mass is 10.1. The molecule has 24 heavy (non-hydrogen) atoms. The number of carbonyl (C=O) groups excluding carboxylic acids is 1. The predicted molar refractivity (Wildman–Crippen MR) is 96.1 cm³/mol. The molecule has 1 heterocycles. The summed E-state index contributed by atoms with van der Waals surface area (Å²) in [5.74, 6) is 0.474. The zero-order valence-corrected chi connectivity index (χ0v) is 13.8. The second kappa shape index (κ2) is 7.79. The summed E-state index contributed by atoms with van der Waals surface area (Å²) in [6.45, 7) is 1.49. The molecular weight excluding hydrogens is 324 g/mol. The second-order valence-electron chi connectivity index (χ2n) is 5.30. The van der Waals surface area contributed by atoms with Gasteiger partial charge in [0.05, 0.1) is 13.1 Å². The van der Waals surface area contributed by atoms with E-state index >= 15 is 0 Å². The van der Waals surface area contributed by atoms with Gasteiger partial charge in [0, 0.05) is 16.7 Å². The Morgan fingerprint density at radius 3 is 3.00 bits per heavy atom. The van der Waals surface area contributed by atoms with Crippen molar-refractivity contribution in [1.82, 2.24) is 5.32 Å². The molecule has 0 spiro atoms. The number of benzene rings is 2. The van der Waals surface area contributed by atoms with Crippen molar-refractivity contribution < 1.29 is 9.53 Å². The number of hydrogen-bond donors (Lipinski definition) is 1. The van der Waals surface area contributed by atoms with Crippen LogP contribution in [0, 0.1) is 0 Å². The van der Waals surface area contributed by atoms with Gasteiger partial charge in [-0.3, -0.25) is 4.99 Å². The molecule has 4 nitrogen and oxygen atoms in total. The molecule has 5 heteroatoms. The average Bonchev–Trinajstić information content (AvgIpc) is 3.00. The summed E-state index contributed by atoms with van der Waals surface area (Å²) >= 11 is 5.89. The van der Waals surface area contributed by atoms with E-state index in [0.29, 0.717) is 18.1 Å². The van der Waals surface area contributed by atoms with Crippen LogP contribution in [-0.2, 0) is 16.1 Å². The molecule has 0 radical (unpaired) electrons. The standard InChI is InChI=1S/C19H17ClN2O2/c20-16-6-3-4-14(12-16)8-9-18(23)24-11-10-21-19-17-7-2-1-5-15(17)13-22-19/h1-9,12H,10-11,13H2,(H,21,22)/b9-8+.